The van der Waals surface area contributed by atoms with Crippen LogP contribution >= 0.6 is 22.7 Å². The van der Waals surface area contributed by atoms with Crippen molar-refractivity contribution < 1.29 is 14.4 Å². The van der Waals surface area contributed by atoms with Crippen molar-refractivity contribution in [2.75, 3.05) is 11.9 Å². The van der Waals surface area contributed by atoms with E-state index < -0.39 is 5.91 Å². The van der Waals surface area contributed by atoms with Gasteiger partial charge in [-0.1, -0.05) is 13.0 Å². The molecule has 25 heavy (non-hydrogen) atoms. The molecule has 6 nitrogen and oxygen atoms in total. The lowest BCUT2D eigenvalue weighted by molar-refractivity contribution is -0.134. The number of thiophene rings is 2. The first kappa shape index (κ1) is 19.1. The molecule has 134 valence electrons. The molecule has 2 rings (SSSR count). The van der Waals surface area contributed by atoms with Gasteiger partial charge < -0.3 is 16.0 Å². The van der Waals surface area contributed by atoms with E-state index in [0.29, 0.717) is 23.5 Å². The van der Waals surface area contributed by atoms with Crippen LogP contribution in [-0.2, 0) is 16.1 Å². The van der Waals surface area contributed by atoms with Crippen LogP contribution in [0.3, 0.4) is 0 Å². The van der Waals surface area contributed by atoms with Crippen LogP contribution in [0.2, 0.25) is 0 Å². The molecule has 0 spiro atoms. The van der Waals surface area contributed by atoms with Gasteiger partial charge in [0.25, 0.3) is 5.91 Å². The van der Waals surface area contributed by atoms with E-state index in [4.69, 9.17) is 5.73 Å². The molecular formula is C17H21N3O3S2. The second kappa shape index (κ2) is 8.26. The van der Waals surface area contributed by atoms with Gasteiger partial charge in [0, 0.05) is 16.2 Å². The molecule has 2 heterocycles. The number of hydrogen-bond acceptors (Lipinski definition) is 5. The summed E-state index contributed by atoms with van der Waals surface area (Å²) in [4.78, 5) is 39.6. The van der Waals surface area contributed by atoms with Crippen LogP contribution in [0.15, 0.2) is 17.5 Å². The summed E-state index contributed by atoms with van der Waals surface area (Å²) >= 11 is 2.85. The first-order valence-electron chi connectivity index (χ1n) is 7.83. The fourth-order valence-corrected chi connectivity index (χ4v) is 4.20. The summed E-state index contributed by atoms with van der Waals surface area (Å²) < 4.78 is 0. The van der Waals surface area contributed by atoms with Crippen molar-refractivity contribution in [3.63, 3.8) is 0 Å². The minimum atomic E-state index is -0.572. The van der Waals surface area contributed by atoms with Crippen LogP contribution in [0, 0.1) is 13.8 Å². The third-order valence-corrected chi connectivity index (χ3v) is 5.78. The highest BCUT2D eigenvalue weighted by atomic mass is 32.1. The van der Waals surface area contributed by atoms with E-state index in [9.17, 15) is 14.4 Å². The highest BCUT2D eigenvalue weighted by molar-refractivity contribution is 7.16. The van der Waals surface area contributed by atoms with Crippen LogP contribution in [0.5, 0.6) is 0 Å². The number of hydrogen-bond donors (Lipinski definition) is 2. The molecule has 0 aliphatic rings. The zero-order chi connectivity index (χ0) is 18.6. The van der Waals surface area contributed by atoms with Gasteiger partial charge in [0.05, 0.1) is 12.1 Å². The number of primary amides is 1. The number of nitrogens with two attached hydrogens (primary N) is 1. The molecule has 0 radical (unpaired) electrons. The molecule has 3 N–H and O–H groups in total. The molecule has 0 unspecified atom stereocenters. The Morgan fingerprint density at radius 2 is 2.00 bits per heavy atom. The summed E-state index contributed by atoms with van der Waals surface area (Å²) in [5.74, 6) is -1.02. The molecule has 0 fully saturated rings. The Hall–Kier alpha value is -2.19. The Labute approximate surface area is 154 Å². The minimum Gasteiger partial charge on any atom is -0.365 e. The summed E-state index contributed by atoms with van der Waals surface area (Å²) in [6.45, 7) is 5.75. The van der Waals surface area contributed by atoms with E-state index in [2.05, 4.69) is 5.32 Å². The number of amides is 3. The van der Waals surface area contributed by atoms with Crippen molar-refractivity contribution in [2.45, 2.75) is 33.7 Å². The number of carbonyl (C=O) groups excluding carboxylic acids is 3. The topological polar surface area (TPSA) is 92.5 Å². The summed E-state index contributed by atoms with van der Waals surface area (Å²) in [5.41, 5.74) is 6.53. The highest BCUT2D eigenvalue weighted by Crippen LogP contribution is 2.32. The fourth-order valence-electron chi connectivity index (χ4n) is 2.40. The molecule has 0 atom stereocenters. The van der Waals surface area contributed by atoms with Crippen molar-refractivity contribution in [1.82, 2.24) is 4.90 Å². The summed E-state index contributed by atoms with van der Waals surface area (Å²) in [5, 5.41) is 5.10. The zero-order valence-electron chi connectivity index (χ0n) is 14.4. The molecule has 3 amide bonds. The molecule has 0 aromatic carbocycles. The van der Waals surface area contributed by atoms with Gasteiger partial charge in [-0.25, -0.2) is 0 Å². The van der Waals surface area contributed by atoms with Gasteiger partial charge >= 0.3 is 0 Å². The lowest BCUT2D eigenvalue weighted by atomic mass is 10.1. The van der Waals surface area contributed by atoms with E-state index in [1.165, 1.54) is 27.6 Å². The summed E-state index contributed by atoms with van der Waals surface area (Å²) in [7, 11) is 0. The maximum atomic E-state index is 12.4. The van der Waals surface area contributed by atoms with Crippen molar-refractivity contribution >= 4 is 45.4 Å². The van der Waals surface area contributed by atoms with E-state index in [1.54, 1.807) is 13.8 Å². The maximum absolute atomic E-state index is 12.4. The highest BCUT2D eigenvalue weighted by Gasteiger charge is 2.21. The Balaban J connectivity index is 2.12. The Morgan fingerprint density at radius 1 is 1.28 bits per heavy atom. The monoisotopic (exact) mass is 379 g/mol. The average Bonchev–Trinajstić information content (AvgIpc) is 3.14. The number of aryl methyl sites for hydroxylation is 1. The molecule has 2 aromatic rings. The zero-order valence-corrected chi connectivity index (χ0v) is 16.1. The van der Waals surface area contributed by atoms with Gasteiger partial charge in [0.2, 0.25) is 11.8 Å². The number of carbonyl (C=O) groups is 3. The second-order valence-corrected chi connectivity index (χ2v) is 7.84. The molecule has 0 aliphatic carbocycles. The van der Waals surface area contributed by atoms with E-state index in [0.717, 1.165) is 15.3 Å². The summed E-state index contributed by atoms with van der Waals surface area (Å²) in [6, 6.07) is 3.83. The first-order valence-corrected chi connectivity index (χ1v) is 9.52. The van der Waals surface area contributed by atoms with Crippen LogP contribution < -0.4 is 11.1 Å². The van der Waals surface area contributed by atoms with Crippen molar-refractivity contribution in [2.24, 2.45) is 5.73 Å². The van der Waals surface area contributed by atoms with Gasteiger partial charge in [-0.2, -0.15) is 0 Å². The van der Waals surface area contributed by atoms with E-state index in [1.807, 2.05) is 24.4 Å². The second-order valence-electron chi connectivity index (χ2n) is 5.58. The molecule has 2 aromatic heterocycles. The quantitative estimate of drug-likeness (QED) is 0.775. The SMILES string of the molecule is CCC(=O)N(CC(=O)Nc1sc(C)c(C)c1C(N)=O)Cc1cccs1. The Kier molecular flexibility index (Phi) is 6.33. The smallest absolute Gasteiger partial charge is 0.251 e. The minimum absolute atomic E-state index is 0.0707. The third-order valence-electron chi connectivity index (χ3n) is 3.80. The first-order chi connectivity index (χ1) is 11.8. The molecule has 0 saturated heterocycles. The molecule has 0 bridgehead atoms. The van der Waals surface area contributed by atoms with E-state index >= 15 is 0 Å². The van der Waals surface area contributed by atoms with Crippen LogP contribution in [-0.4, -0.2) is 29.2 Å². The van der Waals surface area contributed by atoms with Crippen LogP contribution in [0.1, 0.15) is 39.0 Å². The van der Waals surface area contributed by atoms with Gasteiger partial charge in [-0.05, 0) is 30.9 Å². The van der Waals surface area contributed by atoms with Crippen LogP contribution in [0.25, 0.3) is 0 Å². The lowest BCUT2D eigenvalue weighted by Gasteiger charge is -2.21. The van der Waals surface area contributed by atoms with Crippen molar-refractivity contribution in [3.8, 4) is 0 Å². The molecule has 0 saturated carbocycles. The van der Waals surface area contributed by atoms with Crippen molar-refractivity contribution in [1.29, 1.82) is 0 Å². The normalized spacial score (nSPS) is 10.5. The maximum Gasteiger partial charge on any atom is 0.251 e. The predicted octanol–water partition coefficient (Wildman–Crippen LogP) is 2.90. The fraction of sp³-hybridized carbons (Fsp3) is 0.353. The van der Waals surface area contributed by atoms with Gasteiger partial charge in [-0.3, -0.25) is 14.4 Å². The third kappa shape index (κ3) is 4.67. The molecular weight excluding hydrogens is 358 g/mol. The number of nitrogens with zero attached hydrogens (tertiary/aromatic N) is 1. The average molecular weight is 380 g/mol. The predicted molar refractivity (Wildman–Crippen MR) is 101 cm³/mol. The molecule has 8 heteroatoms. The lowest BCUT2D eigenvalue weighted by Crippen LogP contribution is -2.37. The van der Waals surface area contributed by atoms with E-state index in [-0.39, 0.29) is 18.4 Å². The Morgan fingerprint density at radius 3 is 2.56 bits per heavy atom. The van der Waals surface area contributed by atoms with Crippen LogP contribution in [0.4, 0.5) is 5.00 Å². The standard InChI is InChI=1S/C17H21N3O3S2/c1-4-14(22)20(8-12-6-5-7-24-12)9-13(21)19-17-15(16(18)23)10(2)11(3)25-17/h5-7H,4,8-9H2,1-3H3,(H2,18,23)(H,19,21). The van der Waals surface area contributed by atoms with Crippen molar-refractivity contribution in [3.05, 3.63) is 38.4 Å². The number of anilines is 1. The van der Waals surface area contributed by atoms with Gasteiger partial charge in [-0.15, -0.1) is 22.7 Å². The molecule has 0 aliphatic heterocycles. The summed E-state index contributed by atoms with van der Waals surface area (Å²) in [6.07, 6.45) is 0.322. The number of nitrogens with one attached hydrogen (secondary N) is 1. The Bertz CT molecular complexity index is 781. The van der Waals surface area contributed by atoms with Gasteiger partial charge in [0.1, 0.15) is 11.5 Å². The van der Waals surface area contributed by atoms with Gasteiger partial charge in [0.15, 0.2) is 0 Å². The number of rotatable bonds is 7. The largest absolute Gasteiger partial charge is 0.365 e.